The highest BCUT2D eigenvalue weighted by Gasteiger charge is 2.43. The van der Waals surface area contributed by atoms with Crippen molar-refractivity contribution in [2.45, 2.75) is 18.7 Å². The van der Waals surface area contributed by atoms with Gasteiger partial charge in [0.2, 0.25) is 13.0 Å². The Hall–Kier alpha value is -3.92. The molecule has 0 aromatic heterocycles. The zero-order chi connectivity index (χ0) is 25.0. The van der Waals surface area contributed by atoms with Crippen molar-refractivity contribution in [3.8, 4) is 28.7 Å². The first-order chi connectivity index (χ1) is 17.5. The second-order valence-electron chi connectivity index (χ2n) is 8.44. The van der Waals surface area contributed by atoms with Crippen molar-refractivity contribution < 1.29 is 33.6 Å². The van der Waals surface area contributed by atoms with E-state index < -0.39 is 12.2 Å². The van der Waals surface area contributed by atoms with Gasteiger partial charge in [-0.25, -0.2) is 9.80 Å². The molecule has 2 atom stereocenters. The molecule has 0 saturated heterocycles. The summed E-state index contributed by atoms with van der Waals surface area (Å²) in [5.41, 5.74) is 3.06. The van der Waals surface area contributed by atoms with Crippen molar-refractivity contribution >= 4 is 27.6 Å². The van der Waals surface area contributed by atoms with Crippen LogP contribution in [0.3, 0.4) is 0 Å². The number of hydrazone groups is 1. The first-order valence-corrected chi connectivity index (χ1v) is 12.0. The van der Waals surface area contributed by atoms with Crippen molar-refractivity contribution in [2.24, 2.45) is 5.10 Å². The predicted octanol–water partition coefficient (Wildman–Crippen LogP) is 5.14. The minimum absolute atomic E-state index is 0.0344. The molecular weight excluding hydrogens is 532 g/mol. The highest BCUT2D eigenvalue weighted by atomic mass is 79.9. The van der Waals surface area contributed by atoms with Gasteiger partial charge in [0.25, 0.3) is 0 Å². The first-order valence-electron chi connectivity index (χ1n) is 11.2. The maximum absolute atomic E-state index is 12.4. The molecule has 0 amide bonds. The molecule has 3 heterocycles. The lowest BCUT2D eigenvalue weighted by molar-refractivity contribution is -0.0199. The Balaban J connectivity index is 1.50. The summed E-state index contributed by atoms with van der Waals surface area (Å²) in [5.74, 6) is 1.33. The second kappa shape index (κ2) is 8.63. The lowest BCUT2D eigenvalue weighted by Crippen LogP contribution is -2.34. The molecule has 0 radical (unpaired) electrons. The molecule has 0 aliphatic carbocycles. The summed E-state index contributed by atoms with van der Waals surface area (Å²) in [5, 5.41) is 16.9. The van der Waals surface area contributed by atoms with Crippen molar-refractivity contribution in [2.75, 3.05) is 21.0 Å². The summed E-state index contributed by atoms with van der Waals surface area (Å²) in [6.45, 7) is 0.189. The van der Waals surface area contributed by atoms with Crippen molar-refractivity contribution in [1.29, 1.82) is 0 Å². The number of ether oxygens (including phenoxy) is 5. The number of methoxy groups -OCH3 is 2. The maximum Gasteiger partial charge on any atom is 0.340 e. The van der Waals surface area contributed by atoms with E-state index >= 15 is 0 Å². The molecule has 0 unspecified atom stereocenters. The van der Waals surface area contributed by atoms with Gasteiger partial charge in [-0.3, -0.25) is 0 Å². The van der Waals surface area contributed by atoms with E-state index in [1.165, 1.54) is 14.2 Å². The Kier molecular flexibility index (Phi) is 5.40. The van der Waals surface area contributed by atoms with Crippen LogP contribution in [0.1, 0.15) is 45.7 Å². The normalized spacial score (nSPS) is 19.2. The fourth-order valence-corrected chi connectivity index (χ4v) is 5.26. The van der Waals surface area contributed by atoms with Crippen LogP contribution in [0.4, 0.5) is 0 Å². The van der Waals surface area contributed by atoms with E-state index in [-0.39, 0.29) is 24.1 Å². The molecule has 9 nitrogen and oxygen atoms in total. The molecule has 1 N–H and O–H groups in total. The topological polar surface area (TPSA) is 99.1 Å². The number of halogens is 1. The zero-order valence-electron chi connectivity index (χ0n) is 19.4. The minimum atomic E-state index is -1.15. The van der Waals surface area contributed by atoms with Crippen LogP contribution in [0.2, 0.25) is 0 Å². The highest BCUT2D eigenvalue weighted by molar-refractivity contribution is 9.10. The monoisotopic (exact) mass is 552 g/mol. The van der Waals surface area contributed by atoms with E-state index in [2.05, 4.69) is 15.9 Å². The van der Waals surface area contributed by atoms with E-state index in [0.29, 0.717) is 35.0 Å². The minimum Gasteiger partial charge on any atom is -0.493 e. The standard InChI is InChI=1S/C26H21BrN2O7/c1-32-21-8-5-15(23(26(30)31)24(21)33-2)25-29-18(16-10-14(27)4-7-19(16)36-25)11-17(28-29)13-3-6-20-22(9-13)35-12-34-20/h3-10,18,25H,11-12H2,1-2H3,(H,30,31)/t18-,25-/m1/s1. The van der Waals surface area contributed by atoms with Crippen LogP contribution in [-0.4, -0.2) is 42.8 Å². The van der Waals surface area contributed by atoms with Crippen LogP contribution in [0, 0.1) is 0 Å². The molecule has 0 spiro atoms. The molecule has 184 valence electrons. The Morgan fingerprint density at radius 1 is 1.03 bits per heavy atom. The Bertz CT molecular complexity index is 1420. The van der Waals surface area contributed by atoms with Crippen LogP contribution in [-0.2, 0) is 0 Å². The fourth-order valence-electron chi connectivity index (χ4n) is 4.88. The van der Waals surface area contributed by atoms with Crippen molar-refractivity contribution in [1.82, 2.24) is 5.01 Å². The van der Waals surface area contributed by atoms with E-state index in [9.17, 15) is 9.90 Å². The number of carbonyl (C=O) groups is 1. The summed E-state index contributed by atoms with van der Waals surface area (Å²) in [4.78, 5) is 12.4. The number of carboxylic acid groups (broad SMARTS) is 1. The number of benzene rings is 3. The average Bonchev–Trinajstić information content (AvgIpc) is 3.54. The number of hydrogen-bond donors (Lipinski definition) is 1. The SMILES string of the molecule is COc1ccc([C@H]2Oc3ccc(Br)cc3[C@H]3CC(c4ccc5c(c4)OCO5)=NN32)c(C(=O)O)c1OC. The Morgan fingerprint density at radius 2 is 1.83 bits per heavy atom. The molecular formula is C26H21BrN2O7. The summed E-state index contributed by atoms with van der Waals surface area (Å²) < 4.78 is 29.1. The second-order valence-corrected chi connectivity index (χ2v) is 9.35. The molecule has 0 saturated carbocycles. The van der Waals surface area contributed by atoms with Crippen molar-refractivity contribution in [3.05, 3.63) is 75.3 Å². The molecule has 6 rings (SSSR count). The largest absolute Gasteiger partial charge is 0.493 e. The number of hydrogen-bond acceptors (Lipinski definition) is 8. The van der Waals surface area contributed by atoms with Gasteiger partial charge in [-0.1, -0.05) is 15.9 Å². The van der Waals surface area contributed by atoms with Gasteiger partial charge in [-0.2, -0.15) is 5.10 Å². The van der Waals surface area contributed by atoms with E-state index in [1.54, 1.807) is 12.1 Å². The molecule has 36 heavy (non-hydrogen) atoms. The molecule has 0 fully saturated rings. The van der Waals surface area contributed by atoms with Gasteiger partial charge >= 0.3 is 5.97 Å². The first kappa shape index (κ1) is 22.5. The van der Waals surface area contributed by atoms with E-state index in [1.807, 2.05) is 41.4 Å². The maximum atomic E-state index is 12.4. The van der Waals surface area contributed by atoms with E-state index in [0.717, 1.165) is 21.3 Å². The molecule has 0 bridgehead atoms. The molecule has 3 aromatic rings. The molecule has 3 aliphatic rings. The smallest absolute Gasteiger partial charge is 0.340 e. The number of aromatic carboxylic acids is 1. The van der Waals surface area contributed by atoms with Crippen LogP contribution in [0.25, 0.3) is 0 Å². The quantitative estimate of drug-likeness (QED) is 0.464. The van der Waals surface area contributed by atoms with Crippen LogP contribution >= 0.6 is 15.9 Å². The van der Waals surface area contributed by atoms with Gasteiger partial charge in [-0.05, 0) is 48.5 Å². The van der Waals surface area contributed by atoms with Gasteiger partial charge in [0.1, 0.15) is 11.3 Å². The zero-order valence-corrected chi connectivity index (χ0v) is 20.9. The average molecular weight is 553 g/mol. The predicted molar refractivity (Wildman–Crippen MR) is 132 cm³/mol. The van der Waals surface area contributed by atoms with Crippen LogP contribution < -0.4 is 23.7 Å². The van der Waals surface area contributed by atoms with Gasteiger partial charge in [-0.15, -0.1) is 0 Å². The number of fused-ring (bicyclic) bond motifs is 4. The molecule has 3 aromatic carbocycles. The number of rotatable bonds is 5. The van der Waals surface area contributed by atoms with Gasteiger partial charge < -0.3 is 28.8 Å². The summed E-state index contributed by atoms with van der Waals surface area (Å²) in [7, 11) is 2.88. The highest BCUT2D eigenvalue weighted by Crippen LogP contribution is 2.50. The lowest BCUT2D eigenvalue weighted by Gasteiger charge is -2.38. The number of nitrogens with zero attached hydrogens (tertiary/aromatic N) is 2. The molecule has 3 aliphatic heterocycles. The third-order valence-electron chi connectivity index (χ3n) is 6.52. The fraction of sp³-hybridized carbons (Fsp3) is 0.231. The van der Waals surface area contributed by atoms with Gasteiger partial charge in [0.05, 0.1) is 26.0 Å². The summed E-state index contributed by atoms with van der Waals surface area (Å²) in [6.07, 6.45) is -0.209. The lowest BCUT2D eigenvalue weighted by atomic mass is 9.95. The third kappa shape index (κ3) is 3.51. The van der Waals surface area contributed by atoms with Crippen LogP contribution in [0.5, 0.6) is 28.7 Å². The van der Waals surface area contributed by atoms with Crippen molar-refractivity contribution in [3.63, 3.8) is 0 Å². The third-order valence-corrected chi connectivity index (χ3v) is 7.01. The Morgan fingerprint density at radius 3 is 2.61 bits per heavy atom. The molecule has 10 heteroatoms. The summed E-state index contributed by atoms with van der Waals surface area (Å²) >= 11 is 3.56. The Labute approximate surface area is 214 Å². The number of carboxylic acids is 1. The summed E-state index contributed by atoms with van der Waals surface area (Å²) in [6, 6.07) is 14.7. The van der Waals surface area contributed by atoms with Gasteiger partial charge in [0, 0.05) is 27.6 Å². The van der Waals surface area contributed by atoms with Crippen LogP contribution in [0.15, 0.2) is 58.1 Å². The van der Waals surface area contributed by atoms with Gasteiger partial charge in [0.15, 0.2) is 23.0 Å². The van der Waals surface area contributed by atoms with E-state index in [4.69, 9.17) is 28.8 Å².